The molecule has 4 N–H and O–H groups in total. The van der Waals surface area contributed by atoms with Gasteiger partial charge in [-0.05, 0) is 125 Å². The first-order chi connectivity index (χ1) is 38.6. The molecule has 428 valence electrons. The van der Waals surface area contributed by atoms with Crippen molar-refractivity contribution >= 4 is 63.3 Å². The molecule has 3 saturated heterocycles. The van der Waals surface area contributed by atoms with Crippen LogP contribution in [0.5, 0.6) is 0 Å². The van der Waals surface area contributed by atoms with E-state index in [1.54, 1.807) is 67.0 Å². The van der Waals surface area contributed by atoms with Gasteiger partial charge in [0.05, 0.1) is 80.0 Å². The van der Waals surface area contributed by atoms with Crippen LogP contribution in [0.3, 0.4) is 0 Å². The van der Waals surface area contributed by atoms with Crippen LogP contribution in [0.1, 0.15) is 110 Å². The van der Waals surface area contributed by atoms with Gasteiger partial charge in [-0.3, -0.25) is 33.6 Å². The Morgan fingerprint density at radius 3 is 2.36 bits per heavy atom. The Morgan fingerprint density at radius 2 is 1.61 bits per heavy atom. The molecule has 5 atom stereocenters. The number of thioether (sulfide) groups is 1. The van der Waals surface area contributed by atoms with Gasteiger partial charge in [0.25, 0.3) is 5.91 Å². The van der Waals surface area contributed by atoms with E-state index < -0.39 is 17.9 Å². The second kappa shape index (κ2) is 26.4. The van der Waals surface area contributed by atoms with E-state index in [1.807, 2.05) is 22.6 Å². The highest BCUT2D eigenvalue weighted by atomic mass is 32.2. The number of piperidine rings is 1. The fourth-order valence-corrected chi connectivity index (χ4v) is 13.0. The van der Waals surface area contributed by atoms with Gasteiger partial charge >= 0.3 is 0 Å². The summed E-state index contributed by atoms with van der Waals surface area (Å²) >= 11 is 1.62. The van der Waals surface area contributed by atoms with Crippen molar-refractivity contribution in [2.45, 2.75) is 121 Å². The fourth-order valence-electron chi connectivity index (χ4n) is 11.8. The van der Waals surface area contributed by atoms with Crippen molar-refractivity contribution in [3.63, 3.8) is 0 Å². The number of nitrogen functional groups attached to an aromatic ring is 1. The first kappa shape index (κ1) is 58.1. The Labute approximate surface area is 471 Å². The van der Waals surface area contributed by atoms with Crippen molar-refractivity contribution in [3.8, 4) is 11.1 Å². The molecule has 0 spiro atoms. The van der Waals surface area contributed by atoms with Crippen LogP contribution in [0.15, 0.2) is 66.3 Å². The Morgan fingerprint density at radius 1 is 0.900 bits per heavy atom. The zero-order chi connectivity index (χ0) is 56.6. The van der Waals surface area contributed by atoms with Gasteiger partial charge in [-0.1, -0.05) is 18.7 Å². The lowest BCUT2D eigenvalue weighted by atomic mass is 9.88. The van der Waals surface area contributed by atoms with Crippen LogP contribution >= 0.6 is 11.8 Å². The van der Waals surface area contributed by atoms with Crippen LogP contribution in [0.2, 0.25) is 0 Å². The van der Waals surface area contributed by atoms with Crippen LogP contribution in [0.4, 0.5) is 20.3 Å². The van der Waals surface area contributed by atoms with E-state index in [2.05, 4.69) is 27.1 Å². The molecule has 0 radical (unpaired) electrons. The van der Waals surface area contributed by atoms with Crippen molar-refractivity contribution in [1.29, 1.82) is 0 Å². The molecule has 0 aliphatic carbocycles. The summed E-state index contributed by atoms with van der Waals surface area (Å²) < 4.78 is 41.7. The number of carbonyl (C=O) groups is 5. The van der Waals surface area contributed by atoms with E-state index in [-0.39, 0.29) is 105 Å². The SMILES string of the molecule is C=C(c1ccc(F)cc1)C1CSC([C@H]2CCCN2C(=O)[C@H](NC(=O)[C@@H](C)NC)C2CCN(C(=O)CCOCCOCCC(=O)CCCn3nc4c(c3C)-c3cnc(N)c(c3)N3CCC[C@@H]3c3cc(F)ccc3C(=O)N(C)C4)CC2)=N1. The molecular weight excluding hydrogens is 1040 g/mol. The van der Waals surface area contributed by atoms with E-state index in [0.717, 1.165) is 64.4 Å². The number of nitrogens with one attached hydrogen (secondary N) is 2. The molecule has 4 aromatic rings. The van der Waals surface area contributed by atoms with E-state index in [9.17, 15) is 32.8 Å². The summed E-state index contributed by atoms with van der Waals surface area (Å²) in [6.07, 6.45) is 7.29. The summed E-state index contributed by atoms with van der Waals surface area (Å²) in [4.78, 5) is 85.2. The van der Waals surface area contributed by atoms with E-state index in [1.165, 1.54) is 24.3 Å². The molecule has 3 fully saturated rings. The number of anilines is 2. The fraction of sp³-hybridized carbons (Fsp3) is 0.525. The smallest absolute Gasteiger partial charge is 0.254 e. The molecule has 2 bridgehead atoms. The maximum atomic E-state index is 14.7. The Kier molecular flexibility index (Phi) is 19.2. The molecule has 80 heavy (non-hydrogen) atoms. The van der Waals surface area contributed by atoms with Gasteiger partial charge in [0.2, 0.25) is 17.7 Å². The number of halogens is 2. The average molecular weight is 1120 g/mol. The summed E-state index contributed by atoms with van der Waals surface area (Å²) in [6, 6.07) is 10.7. The normalized spacial score (nSPS) is 20.1. The highest BCUT2D eigenvalue weighted by Crippen LogP contribution is 2.43. The number of ketones is 1. The number of aromatic nitrogens is 3. The minimum Gasteiger partial charge on any atom is -0.382 e. The monoisotopic (exact) mass is 1120 g/mol. The third-order valence-electron chi connectivity index (χ3n) is 16.4. The quantitative estimate of drug-likeness (QED) is 0.0739. The van der Waals surface area contributed by atoms with Gasteiger partial charge in [0.1, 0.15) is 29.3 Å². The average Bonchev–Trinajstić information content (AvgIpc) is 4.35. The molecule has 5 aliphatic heterocycles. The largest absolute Gasteiger partial charge is 0.382 e. The molecule has 21 heteroatoms. The van der Waals surface area contributed by atoms with Gasteiger partial charge in [0, 0.05) is 86.9 Å². The second-order valence-electron chi connectivity index (χ2n) is 21.6. The second-order valence-corrected chi connectivity index (χ2v) is 22.6. The number of aliphatic imine (C=N–C) groups is 1. The number of nitrogens with zero attached hydrogens (tertiary/aromatic N) is 8. The number of carbonyl (C=O) groups excluding carboxylic acids is 5. The van der Waals surface area contributed by atoms with E-state index in [4.69, 9.17) is 25.3 Å². The highest BCUT2D eigenvalue weighted by molar-refractivity contribution is 8.14. The lowest BCUT2D eigenvalue weighted by Gasteiger charge is -2.38. The molecule has 5 aliphatic rings. The highest BCUT2D eigenvalue weighted by Gasteiger charge is 2.43. The molecular formula is C59H75F2N11O7S. The molecule has 2 aromatic heterocycles. The summed E-state index contributed by atoms with van der Waals surface area (Å²) in [6.45, 7) is 11.8. The number of Topliss-reactive ketones (excluding diaryl/α,β-unsaturated/α-hetero) is 1. The maximum absolute atomic E-state index is 14.7. The van der Waals surface area contributed by atoms with Crippen LogP contribution in [0, 0.1) is 24.5 Å². The number of hydrogen-bond acceptors (Lipinski definition) is 14. The Bertz CT molecular complexity index is 2970. The maximum Gasteiger partial charge on any atom is 0.254 e. The molecule has 4 amide bonds. The summed E-state index contributed by atoms with van der Waals surface area (Å²) in [5.41, 5.74) is 13.2. The number of rotatable bonds is 21. The van der Waals surface area contributed by atoms with E-state index >= 15 is 0 Å². The first-order valence-electron chi connectivity index (χ1n) is 28.1. The zero-order valence-corrected chi connectivity index (χ0v) is 47.2. The van der Waals surface area contributed by atoms with Crippen molar-refractivity contribution in [1.82, 2.24) is 40.1 Å². The van der Waals surface area contributed by atoms with E-state index in [0.29, 0.717) is 86.8 Å². The molecule has 1 unspecified atom stereocenters. The lowest BCUT2D eigenvalue weighted by molar-refractivity contribution is -0.140. The molecule has 18 nitrogen and oxygen atoms in total. The summed E-state index contributed by atoms with van der Waals surface area (Å²) in [7, 11) is 3.43. The minimum absolute atomic E-state index is 0.0458. The minimum atomic E-state index is -0.760. The number of fused-ring (bicyclic) bond motifs is 8. The van der Waals surface area contributed by atoms with Gasteiger partial charge < -0.3 is 45.4 Å². The van der Waals surface area contributed by atoms with Crippen LogP contribution in [-0.4, -0.2) is 161 Å². The Balaban J connectivity index is 0.699. The number of likely N-dealkylation sites (tertiary alicyclic amines) is 2. The standard InChI is InChI=1S/C59H75F2N11O7S/c1-36(39-12-14-42(60)15-13-39)48-35-80-57(65-48)50-11-8-23-71(50)59(77)54(66-56(75)37(2)63-4)40-18-25-69(26-19-40)52(74)21-28-79-30-29-78-27-20-44(73)9-6-24-72-38(3)53-41-31-51(55(62)64-33-41)70-22-7-10-49(70)46-32-43(61)16-17-45(46)58(76)68(5)34-47(53)67-72/h12-17,31-33,37,40,48-50,54,63H,1,6-11,18-30,34-35H2,2-5H3,(H2,62,64)(H,66,75)/t37-,48?,49-,50-,54-/m1/s1. The van der Waals surface area contributed by atoms with Crippen molar-refractivity contribution in [2.75, 3.05) is 83.1 Å². The zero-order valence-electron chi connectivity index (χ0n) is 46.4. The number of aryl methyl sites for hydroxylation is 1. The number of ether oxygens (including phenoxy) is 2. The topological polar surface area (TPSA) is 210 Å². The van der Waals surface area contributed by atoms with Gasteiger partial charge in [-0.2, -0.15) is 5.10 Å². The molecule has 7 heterocycles. The number of amides is 4. The van der Waals surface area contributed by atoms with Crippen molar-refractivity contribution < 1.29 is 42.2 Å². The van der Waals surface area contributed by atoms with Gasteiger partial charge in [-0.15, -0.1) is 11.8 Å². The van der Waals surface area contributed by atoms with Crippen molar-refractivity contribution in [3.05, 3.63) is 101 Å². The number of pyridine rings is 1. The van der Waals surface area contributed by atoms with Crippen LogP contribution in [-0.2, 0) is 41.7 Å². The first-order valence-corrected chi connectivity index (χ1v) is 29.1. The summed E-state index contributed by atoms with van der Waals surface area (Å²) in [5.74, 6) is -0.465. The van der Waals surface area contributed by atoms with Gasteiger partial charge in [-0.25, -0.2) is 13.8 Å². The van der Waals surface area contributed by atoms with Gasteiger partial charge in [0.15, 0.2) is 0 Å². The predicted molar refractivity (Wildman–Crippen MR) is 305 cm³/mol. The van der Waals surface area contributed by atoms with Crippen LogP contribution in [0.25, 0.3) is 16.7 Å². The van der Waals surface area contributed by atoms with Crippen molar-refractivity contribution in [2.24, 2.45) is 10.9 Å². The molecule has 9 rings (SSSR count). The number of hydrogen-bond donors (Lipinski definition) is 3. The molecule has 0 saturated carbocycles. The number of benzene rings is 2. The van der Waals surface area contributed by atoms with Crippen LogP contribution < -0.4 is 21.3 Å². The third-order valence-corrected chi connectivity index (χ3v) is 17.6. The molecule has 2 aromatic carbocycles. The number of nitrogens with two attached hydrogens (primary N) is 1. The third kappa shape index (κ3) is 13.3. The summed E-state index contributed by atoms with van der Waals surface area (Å²) in [5, 5.41) is 11.9. The predicted octanol–water partition coefficient (Wildman–Crippen LogP) is 6.75. The Hall–Kier alpha value is -6.55. The number of likely N-dealkylation sites (N-methyl/N-ethyl adjacent to an activating group) is 1. The lowest BCUT2D eigenvalue weighted by Crippen LogP contribution is -2.58.